The number of fused-ring (bicyclic) bond motifs is 1. The van der Waals surface area contributed by atoms with Crippen molar-refractivity contribution >= 4 is 17.0 Å². The highest BCUT2D eigenvalue weighted by atomic mass is 16.6. The molecule has 2 aromatic rings. The van der Waals surface area contributed by atoms with Crippen LogP contribution in [0.25, 0.3) is 10.9 Å². The van der Waals surface area contributed by atoms with Crippen LogP contribution < -0.4 is 10.9 Å². The molecule has 0 bridgehead atoms. The number of carbonyl (C=O) groups is 1. The van der Waals surface area contributed by atoms with E-state index in [-0.39, 0.29) is 18.2 Å². The van der Waals surface area contributed by atoms with Crippen molar-refractivity contribution in [2.75, 3.05) is 6.61 Å². The smallest absolute Gasteiger partial charge is 0.408 e. The second-order valence-corrected chi connectivity index (χ2v) is 7.90. The van der Waals surface area contributed by atoms with Crippen LogP contribution in [0.2, 0.25) is 0 Å². The number of ether oxygens (including phenoxy) is 1. The van der Waals surface area contributed by atoms with E-state index >= 15 is 0 Å². The molecule has 2 N–H and O–H groups in total. The average molecular weight is 383 g/mol. The maximum atomic E-state index is 13.3. The minimum Gasteiger partial charge on any atom is -0.444 e. The van der Waals surface area contributed by atoms with E-state index in [0.717, 1.165) is 12.8 Å². The number of nitrogens with one attached hydrogen (secondary N) is 1. The van der Waals surface area contributed by atoms with Crippen molar-refractivity contribution in [3.63, 3.8) is 0 Å². The predicted molar refractivity (Wildman–Crippen MR) is 106 cm³/mol. The highest BCUT2D eigenvalue weighted by Gasteiger charge is 2.31. The Hall–Kier alpha value is -2.85. The standard InChI is InChI=1S/C21H25N3O4/c1-13(22-20(27)28-21(2,3)4)18-23-16-9-5-7-14(8-6-12-25)17(16)19(26)24(18)15-10-11-15/h5,7,9,13,15,25H,10-12H2,1-4H3,(H,22,27)/t13-/m0/s1. The van der Waals surface area contributed by atoms with Gasteiger partial charge in [0.05, 0.1) is 16.9 Å². The SMILES string of the molecule is C[C@H](NC(=O)OC(C)(C)C)c1nc2cccc(C#CCO)c2c(=O)n1C1CC1. The summed E-state index contributed by atoms with van der Waals surface area (Å²) in [6, 6.07) is 4.84. The molecular weight excluding hydrogens is 358 g/mol. The summed E-state index contributed by atoms with van der Waals surface area (Å²) in [5.41, 5.74) is 0.261. The summed E-state index contributed by atoms with van der Waals surface area (Å²) in [5.74, 6) is 5.92. The van der Waals surface area contributed by atoms with Gasteiger partial charge in [-0.15, -0.1) is 0 Å². The Kier molecular flexibility index (Phi) is 5.43. The Bertz CT molecular complexity index is 1020. The van der Waals surface area contributed by atoms with Gasteiger partial charge in [0.2, 0.25) is 0 Å². The van der Waals surface area contributed by atoms with E-state index in [4.69, 9.17) is 9.84 Å². The molecule has 1 saturated carbocycles. The molecule has 0 aliphatic heterocycles. The van der Waals surface area contributed by atoms with E-state index in [9.17, 15) is 9.59 Å². The molecule has 3 rings (SSSR count). The third-order valence-corrected chi connectivity index (χ3v) is 4.29. The lowest BCUT2D eigenvalue weighted by molar-refractivity contribution is 0.0504. The lowest BCUT2D eigenvalue weighted by atomic mass is 10.1. The van der Waals surface area contributed by atoms with Gasteiger partial charge in [-0.3, -0.25) is 9.36 Å². The number of carbonyl (C=O) groups excluding carboxylic acids is 1. The van der Waals surface area contributed by atoms with Crippen LogP contribution in [0.5, 0.6) is 0 Å². The van der Waals surface area contributed by atoms with Gasteiger partial charge >= 0.3 is 6.09 Å². The normalized spacial score (nSPS) is 14.9. The molecule has 0 radical (unpaired) electrons. The number of aliphatic hydroxyl groups is 1. The van der Waals surface area contributed by atoms with E-state index in [1.807, 2.05) is 0 Å². The molecule has 1 aliphatic rings. The van der Waals surface area contributed by atoms with Gasteiger partial charge in [-0.05, 0) is 52.7 Å². The molecule has 1 atom stereocenters. The molecular formula is C21H25N3O4. The van der Waals surface area contributed by atoms with Gasteiger partial charge in [-0.25, -0.2) is 9.78 Å². The molecule has 1 heterocycles. The van der Waals surface area contributed by atoms with Crippen molar-refractivity contribution in [1.29, 1.82) is 0 Å². The first-order chi connectivity index (χ1) is 13.2. The summed E-state index contributed by atoms with van der Waals surface area (Å²) in [7, 11) is 0. The van der Waals surface area contributed by atoms with Crippen LogP contribution in [0, 0.1) is 11.8 Å². The van der Waals surface area contributed by atoms with Crippen molar-refractivity contribution < 1.29 is 14.6 Å². The molecule has 0 spiro atoms. The molecule has 1 aromatic heterocycles. The van der Waals surface area contributed by atoms with E-state index in [1.54, 1.807) is 50.5 Å². The fourth-order valence-electron chi connectivity index (χ4n) is 3.04. The molecule has 1 amide bonds. The highest BCUT2D eigenvalue weighted by molar-refractivity contribution is 5.84. The van der Waals surface area contributed by atoms with Gasteiger partial charge in [0.25, 0.3) is 5.56 Å². The maximum Gasteiger partial charge on any atom is 0.408 e. The lowest BCUT2D eigenvalue weighted by Crippen LogP contribution is -2.37. The summed E-state index contributed by atoms with van der Waals surface area (Å²) in [6.07, 6.45) is 1.23. The summed E-state index contributed by atoms with van der Waals surface area (Å²) in [4.78, 5) is 30.1. The third-order valence-electron chi connectivity index (χ3n) is 4.29. The molecule has 1 aliphatic carbocycles. The Morgan fingerprint density at radius 3 is 2.75 bits per heavy atom. The Labute approximate surface area is 163 Å². The molecule has 0 unspecified atom stereocenters. The van der Waals surface area contributed by atoms with Crippen LogP contribution in [0.1, 0.15) is 64.0 Å². The molecule has 1 aromatic carbocycles. The molecule has 0 saturated heterocycles. The van der Waals surface area contributed by atoms with Crippen molar-refractivity contribution in [1.82, 2.24) is 14.9 Å². The van der Waals surface area contributed by atoms with Crippen molar-refractivity contribution in [3.05, 3.63) is 39.9 Å². The topological polar surface area (TPSA) is 93.5 Å². The average Bonchev–Trinajstić information content (AvgIpc) is 3.42. The number of benzene rings is 1. The highest BCUT2D eigenvalue weighted by Crippen LogP contribution is 2.36. The second-order valence-electron chi connectivity index (χ2n) is 7.90. The fourth-order valence-corrected chi connectivity index (χ4v) is 3.04. The van der Waals surface area contributed by atoms with Crippen molar-refractivity contribution in [2.24, 2.45) is 0 Å². The second kappa shape index (κ2) is 7.64. The van der Waals surface area contributed by atoms with Gasteiger partial charge in [0, 0.05) is 11.6 Å². The zero-order valence-corrected chi connectivity index (χ0v) is 16.6. The Balaban J connectivity index is 2.07. The number of hydrogen-bond acceptors (Lipinski definition) is 5. The zero-order valence-electron chi connectivity index (χ0n) is 16.6. The molecule has 28 heavy (non-hydrogen) atoms. The Morgan fingerprint density at radius 2 is 2.14 bits per heavy atom. The largest absolute Gasteiger partial charge is 0.444 e. The van der Waals surface area contributed by atoms with Crippen LogP contribution in [0.15, 0.2) is 23.0 Å². The van der Waals surface area contributed by atoms with Crippen LogP contribution in [0.4, 0.5) is 4.79 Å². The van der Waals surface area contributed by atoms with E-state index < -0.39 is 17.7 Å². The Morgan fingerprint density at radius 1 is 1.43 bits per heavy atom. The van der Waals surface area contributed by atoms with Crippen LogP contribution in [0.3, 0.4) is 0 Å². The number of hydrogen-bond donors (Lipinski definition) is 2. The minimum atomic E-state index is -0.614. The summed E-state index contributed by atoms with van der Waals surface area (Å²) in [6.45, 7) is 6.88. The third kappa shape index (κ3) is 4.34. The summed E-state index contributed by atoms with van der Waals surface area (Å²) >= 11 is 0. The number of rotatable bonds is 3. The first-order valence-electron chi connectivity index (χ1n) is 9.35. The van der Waals surface area contributed by atoms with Gasteiger partial charge in [0.1, 0.15) is 18.0 Å². The molecule has 7 nitrogen and oxygen atoms in total. The van der Waals surface area contributed by atoms with E-state index in [2.05, 4.69) is 22.1 Å². The summed E-state index contributed by atoms with van der Waals surface area (Å²) < 4.78 is 6.98. The van der Waals surface area contributed by atoms with Gasteiger partial charge in [-0.1, -0.05) is 17.9 Å². The van der Waals surface area contributed by atoms with Crippen molar-refractivity contribution in [2.45, 2.75) is 58.2 Å². The fraction of sp³-hybridized carbons (Fsp3) is 0.476. The monoisotopic (exact) mass is 383 g/mol. The minimum absolute atomic E-state index is 0.0705. The molecule has 1 fully saturated rings. The maximum absolute atomic E-state index is 13.3. The zero-order chi connectivity index (χ0) is 20.5. The lowest BCUT2D eigenvalue weighted by Gasteiger charge is -2.23. The van der Waals surface area contributed by atoms with Gasteiger partial charge in [0.15, 0.2) is 0 Å². The predicted octanol–water partition coefficient (Wildman–Crippen LogP) is 2.66. The van der Waals surface area contributed by atoms with Crippen LogP contribution in [-0.4, -0.2) is 33.0 Å². The van der Waals surface area contributed by atoms with Crippen molar-refractivity contribution in [3.8, 4) is 11.8 Å². The number of nitrogens with zero attached hydrogens (tertiary/aromatic N) is 2. The van der Waals surface area contributed by atoms with Gasteiger partial charge < -0.3 is 15.2 Å². The molecule has 7 heteroatoms. The van der Waals surface area contributed by atoms with E-state index in [0.29, 0.717) is 22.3 Å². The first-order valence-corrected chi connectivity index (χ1v) is 9.35. The first kappa shape index (κ1) is 19.9. The number of amides is 1. The van der Waals surface area contributed by atoms with Gasteiger partial charge in [-0.2, -0.15) is 0 Å². The number of alkyl carbamates (subject to hydrolysis) is 1. The number of aromatic nitrogens is 2. The number of aliphatic hydroxyl groups excluding tert-OH is 1. The summed E-state index contributed by atoms with van der Waals surface area (Å²) in [5, 5.41) is 12.2. The quantitative estimate of drug-likeness (QED) is 0.795. The van der Waals surface area contributed by atoms with Crippen LogP contribution in [-0.2, 0) is 4.74 Å². The van der Waals surface area contributed by atoms with Crippen LogP contribution >= 0.6 is 0 Å². The molecule has 148 valence electrons. The van der Waals surface area contributed by atoms with E-state index in [1.165, 1.54) is 0 Å².